The van der Waals surface area contributed by atoms with Gasteiger partial charge < -0.3 is 9.84 Å². The van der Waals surface area contributed by atoms with Crippen molar-refractivity contribution in [2.45, 2.75) is 44.7 Å². The van der Waals surface area contributed by atoms with E-state index in [0.717, 1.165) is 21.2 Å². The van der Waals surface area contributed by atoms with Gasteiger partial charge in [-0.1, -0.05) is 78.3 Å². The zero-order valence-corrected chi connectivity index (χ0v) is 23.7. The first-order valence-corrected chi connectivity index (χ1v) is 13.9. The van der Waals surface area contributed by atoms with Crippen LogP contribution in [0.3, 0.4) is 0 Å². The third-order valence-corrected chi connectivity index (χ3v) is 8.57. The molecule has 0 spiro atoms. The maximum atomic E-state index is 14.4. The first-order valence-electron chi connectivity index (χ1n) is 13.1. The van der Waals surface area contributed by atoms with Crippen molar-refractivity contribution < 1.29 is 24.2 Å². The molecule has 0 aromatic heterocycles. The Morgan fingerprint density at radius 1 is 1.00 bits per heavy atom. The number of aliphatic carboxylic acids is 1. The van der Waals surface area contributed by atoms with Gasteiger partial charge in [0, 0.05) is 22.5 Å². The predicted octanol–water partition coefficient (Wildman–Crippen LogP) is 5.10. The second kappa shape index (κ2) is 10.6. The highest BCUT2D eigenvalue weighted by Gasteiger charge is 2.69. The number of anilines is 1. The van der Waals surface area contributed by atoms with E-state index in [0.29, 0.717) is 29.8 Å². The highest BCUT2D eigenvalue weighted by Crippen LogP contribution is 2.53. The van der Waals surface area contributed by atoms with E-state index < -0.39 is 41.2 Å². The van der Waals surface area contributed by atoms with Crippen LogP contribution in [-0.2, 0) is 33.6 Å². The average Bonchev–Trinajstić information content (AvgIpc) is 3.42. The van der Waals surface area contributed by atoms with Crippen molar-refractivity contribution in [1.82, 2.24) is 5.32 Å². The number of fused-ring (bicyclic) bond motifs is 1. The Balaban J connectivity index is 1.74. The molecule has 2 N–H and O–H groups in total. The summed E-state index contributed by atoms with van der Waals surface area (Å²) in [6.45, 7) is 3.97. The van der Waals surface area contributed by atoms with Gasteiger partial charge in [0.25, 0.3) is 0 Å². The topological polar surface area (TPSA) is 95.9 Å². The van der Waals surface area contributed by atoms with Gasteiger partial charge in [-0.2, -0.15) is 0 Å². The minimum atomic E-state index is -1.71. The standard InChI is InChI=1S/C31H31BrN2O5/c1-4-19-12-9-13-20(5-2)27(19)34-28(35)24-25(29(34)36)31(30(37)38,17-18-10-7-6-8-11-18)33-26(24)22-16-21(32)14-15-23(22)39-3/h6-16,24-26,33H,4-5,17H2,1-3H3,(H,37,38). The lowest BCUT2D eigenvalue weighted by atomic mass is 9.76. The predicted molar refractivity (Wildman–Crippen MR) is 152 cm³/mol. The minimum Gasteiger partial charge on any atom is -0.496 e. The van der Waals surface area contributed by atoms with Gasteiger partial charge in [0.1, 0.15) is 11.3 Å². The number of methoxy groups -OCH3 is 1. The summed E-state index contributed by atoms with van der Waals surface area (Å²) in [6.07, 6.45) is 1.30. The molecule has 2 saturated heterocycles. The van der Waals surface area contributed by atoms with Crippen LogP contribution >= 0.6 is 15.9 Å². The summed E-state index contributed by atoms with van der Waals surface area (Å²) in [5.74, 6) is -3.59. The second-order valence-corrected chi connectivity index (χ2v) is 11.0. The highest BCUT2D eigenvalue weighted by atomic mass is 79.9. The van der Waals surface area contributed by atoms with Crippen molar-refractivity contribution in [2.24, 2.45) is 11.8 Å². The SMILES string of the molecule is CCc1cccc(CC)c1N1C(=O)C2C(c3cc(Br)ccc3OC)NC(Cc3ccccc3)(C(=O)O)C2C1=O. The van der Waals surface area contributed by atoms with Crippen molar-refractivity contribution in [2.75, 3.05) is 12.0 Å². The Morgan fingerprint density at radius 2 is 1.67 bits per heavy atom. The molecule has 2 aliphatic rings. The quantitative estimate of drug-likeness (QED) is 0.354. The first-order chi connectivity index (χ1) is 18.8. The molecule has 39 heavy (non-hydrogen) atoms. The van der Waals surface area contributed by atoms with Gasteiger partial charge in [0.2, 0.25) is 11.8 Å². The molecule has 4 atom stereocenters. The zero-order valence-electron chi connectivity index (χ0n) is 22.1. The second-order valence-electron chi connectivity index (χ2n) is 10.1. The van der Waals surface area contributed by atoms with Gasteiger partial charge in [0.15, 0.2) is 0 Å². The largest absolute Gasteiger partial charge is 0.496 e. The molecule has 8 heteroatoms. The van der Waals surface area contributed by atoms with E-state index in [-0.39, 0.29) is 6.42 Å². The van der Waals surface area contributed by atoms with Crippen molar-refractivity contribution in [3.05, 3.63) is 93.5 Å². The van der Waals surface area contributed by atoms with E-state index in [2.05, 4.69) is 21.2 Å². The van der Waals surface area contributed by atoms with E-state index in [1.165, 1.54) is 12.0 Å². The van der Waals surface area contributed by atoms with Crippen molar-refractivity contribution in [3.8, 4) is 5.75 Å². The van der Waals surface area contributed by atoms with E-state index in [9.17, 15) is 19.5 Å². The van der Waals surface area contributed by atoms with Gasteiger partial charge in [-0.3, -0.25) is 19.7 Å². The Bertz CT molecular complexity index is 1420. The molecular weight excluding hydrogens is 560 g/mol. The fraction of sp³-hybridized carbons (Fsp3) is 0.323. The summed E-state index contributed by atoms with van der Waals surface area (Å²) in [5, 5.41) is 14.1. The summed E-state index contributed by atoms with van der Waals surface area (Å²) in [4.78, 5) is 43.3. The van der Waals surface area contributed by atoms with Crippen LogP contribution in [0.15, 0.2) is 71.2 Å². The number of nitrogens with zero attached hydrogens (tertiary/aromatic N) is 1. The summed E-state index contributed by atoms with van der Waals surface area (Å²) < 4.78 is 6.39. The van der Waals surface area contributed by atoms with Crippen LogP contribution in [0.2, 0.25) is 0 Å². The van der Waals surface area contributed by atoms with Crippen LogP contribution in [0.4, 0.5) is 5.69 Å². The molecule has 2 heterocycles. The molecule has 2 amide bonds. The lowest BCUT2D eigenvalue weighted by molar-refractivity contribution is -0.148. The molecule has 3 aromatic carbocycles. The van der Waals surface area contributed by atoms with Crippen molar-refractivity contribution in [3.63, 3.8) is 0 Å². The number of carbonyl (C=O) groups excluding carboxylic acids is 2. The number of ether oxygens (including phenoxy) is 1. The van der Waals surface area contributed by atoms with Crippen LogP contribution in [0.5, 0.6) is 5.75 Å². The number of nitrogens with one attached hydrogen (secondary N) is 1. The Hall–Kier alpha value is -3.49. The van der Waals surface area contributed by atoms with E-state index in [1.54, 1.807) is 6.07 Å². The molecular formula is C31H31BrN2O5. The number of hydrogen-bond donors (Lipinski definition) is 2. The fourth-order valence-corrected chi connectivity index (χ4v) is 6.67. The fourth-order valence-electron chi connectivity index (χ4n) is 6.29. The van der Waals surface area contributed by atoms with E-state index >= 15 is 0 Å². The molecule has 5 rings (SSSR count). The Labute approximate surface area is 236 Å². The molecule has 2 fully saturated rings. The number of carboxylic acids is 1. The van der Waals surface area contributed by atoms with E-state index in [4.69, 9.17) is 4.74 Å². The smallest absolute Gasteiger partial charge is 0.325 e. The highest BCUT2D eigenvalue weighted by molar-refractivity contribution is 9.10. The number of hydrogen-bond acceptors (Lipinski definition) is 5. The van der Waals surface area contributed by atoms with E-state index in [1.807, 2.05) is 74.5 Å². The normalized spacial score (nSPS) is 24.2. The molecule has 3 aromatic rings. The molecule has 0 aliphatic carbocycles. The molecule has 7 nitrogen and oxygen atoms in total. The van der Waals surface area contributed by atoms with Crippen molar-refractivity contribution >= 4 is 39.4 Å². The number of rotatable bonds is 8. The number of carbonyl (C=O) groups is 3. The van der Waals surface area contributed by atoms with Gasteiger partial charge in [-0.05, 0) is 47.7 Å². The molecule has 0 bridgehead atoms. The number of imide groups is 1. The first kappa shape index (κ1) is 27.1. The third-order valence-electron chi connectivity index (χ3n) is 8.08. The summed E-state index contributed by atoms with van der Waals surface area (Å²) in [5.41, 5.74) is 2.02. The Morgan fingerprint density at radius 3 is 2.26 bits per heavy atom. The number of halogens is 1. The van der Waals surface area contributed by atoms with Gasteiger partial charge in [0.05, 0.1) is 24.6 Å². The lowest BCUT2D eigenvalue weighted by Crippen LogP contribution is -2.57. The van der Waals surface area contributed by atoms with Crippen LogP contribution in [0.1, 0.15) is 42.1 Å². The molecule has 202 valence electrons. The zero-order chi connectivity index (χ0) is 27.9. The summed E-state index contributed by atoms with van der Waals surface area (Å²) in [6, 6.07) is 19.7. The number of aryl methyl sites for hydroxylation is 2. The molecule has 2 aliphatic heterocycles. The number of carboxylic acid groups (broad SMARTS) is 1. The average molecular weight is 592 g/mol. The third kappa shape index (κ3) is 4.36. The maximum absolute atomic E-state index is 14.4. The summed E-state index contributed by atoms with van der Waals surface area (Å²) in [7, 11) is 1.53. The van der Waals surface area contributed by atoms with Gasteiger partial charge in [-0.25, -0.2) is 4.90 Å². The summed E-state index contributed by atoms with van der Waals surface area (Å²) >= 11 is 3.51. The monoisotopic (exact) mass is 590 g/mol. The molecule has 4 unspecified atom stereocenters. The number of benzene rings is 3. The van der Waals surface area contributed by atoms with Gasteiger partial charge in [-0.15, -0.1) is 0 Å². The number of amides is 2. The Kier molecular flexibility index (Phi) is 7.35. The molecule has 0 saturated carbocycles. The van der Waals surface area contributed by atoms with Crippen LogP contribution in [0.25, 0.3) is 0 Å². The number of para-hydroxylation sites is 1. The van der Waals surface area contributed by atoms with Crippen LogP contribution in [0, 0.1) is 11.8 Å². The van der Waals surface area contributed by atoms with Crippen LogP contribution < -0.4 is 15.0 Å². The lowest BCUT2D eigenvalue weighted by Gasteiger charge is -2.32. The van der Waals surface area contributed by atoms with Gasteiger partial charge >= 0.3 is 5.97 Å². The maximum Gasteiger partial charge on any atom is 0.325 e. The van der Waals surface area contributed by atoms with Crippen LogP contribution in [-0.4, -0.2) is 35.5 Å². The molecule has 0 radical (unpaired) electrons. The van der Waals surface area contributed by atoms with Crippen molar-refractivity contribution in [1.29, 1.82) is 0 Å². The minimum absolute atomic E-state index is 0.0417.